The smallest absolute Gasteiger partial charge is 0.152 e. The van der Waals surface area contributed by atoms with Gasteiger partial charge in [-0.25, -0.2) is 4.98 Å². The lowest BCUT2D eigenvalue weighted by Gasteiger charge is -2.04. The third kappa shape index (κ3) is 2.23. The van der Waals surface area contributed by atoms with E-state index in [4.69, 9.17) is 5.73 Å². The molecule has 0 aliphatic rings. The number of nitrogens with zero attached hydrogens (tertiary/aromatic N) is 3. The summed E-state index contributed by atoms with van der Waals surface area (Å²) in [4.78, 5) is 4.44. The van der Waals surface area contributed by atoms with Gasteiger partial charge in [0.1, 0.15) is 0 Å². The van der Waals surface area contributed by atoms with Gasteiger partial charge in [-0.3, -0.25) is 0 Å². The molecule has 0 bridgehead atoms. The number of hydrogen-bond donors (Lipinski definition) is 1. The molecule has 0 atom stereocenters. The van der Waals surface area contributed by atoms with Crippen molar-refractivity contribution in [3.05, 3.63) is 41.9 Å². The Morgan fingerprint density at radius 2 is 2.06 bits per heavy atom. The molecule has 16 heavy (non-hydrogen) atoms. The standard InChI is InChI=1S/C12H14N4/c1-9-4-2-3-5-10(9)11-8-14-16-12(15-11)6-7-13/h2-5,8H,6-7,13H2,1H3. The van der Waals surface area contributed by atoms with Crippen LogP contribution in [-0.4, -0.2) is 21.7 Å². The normalized spacial score (nSPS) is 10.4. The maximum Gasteiger partial charge on any atom is 0.152 e. The third-order valence-corrected chi connectivity index (χ3v) is 2.39. The highest BCUT2D eigenvalue weighted by Gasteiger charge is 2.04. The number of nitrogens with two attached hydrogens (primary N) is 1. The third-order valence-electron chi connectivity index (χ3n) is 2.39. The number of benzene rings is 1. The molecule has 4 nitrogen and oxygen atoms in total. The Morgan fingerprint density at radius 1 is 1.25 bits per heavy atom. The van der Waals surface area contributed by atoms with Gasteiger partial charge < -0.3 is 5.73 Å². The first kappa shape index (κ1) is 10.7. The quantitative estimate of drug-likeness (QED) is 0.837. The van der Waals surface area contributed by atoms with E-state index in [0.717, 1.165) is 11.3 Å². The molecule has 1 aromatic carbocycles. The summed E-state index contributed by atoms with van der Waals surface area (Å²) in [6.07, 6.45) is 2.34. The van der Waals surface area contributed by atoms with E-state index in [1.54, 1.807) is 6.20 Å². The highest BCUT2D eigenvalue weighted by molar-refractivity contribution is 5.62. The van der Waals surface area contributed by atoms with E-state index in [1.165, 1.54) is 5.56 Å². The topological polar surface area (TPSA) is 64.7 Å². The maximum atomic E-state index is 5.47. The minimum Gasteiger partial charge on any atom is -0.330 e. The summed E-state index contributed by atoms with van der Waals surface area (Å²) in [6, 6.07) is 8.09. The minimum atomic E-state index is 0.541. The lowest BCUT2D eigenvalue weighted by Crippen LogP contribution is -2.08. The molecule has 82 valence electrons. The molecule has 0 aliphatic carbocycles. The number of hydrogen-bond acceptors (Lipinski definition) is 4. The summed E-state index contributed by atoms with van der Waals surface area (Å²) in [5.74, 6) is 0.697. The second kappa shape index (κ2) is 4.81. The molecular formula is C12H14N4. The first-order chi connectivity index (χ1) is 7.81. The first-order valence-electron chi connectivity index (χ1n) is 5.26. The highest BCUT2D eigenvalue weighted by atomic mass is 15.1. The highest BCUT2D eigenvalue weighted by Crippen LogP contribution is 2.19. The average Bonchev–Trinajstić information content (AvgIpc) is 2.30. The molecule has 4 heteroatoms. The van der Waals surface area contributed by atoms with Crippen LogP contribution < -0.4 is 5.73 Å². The Balaban J connectivity index is 2.40. The van der Waals surface area contributed by atoms with Gasteiger partial charge in [0.05, 0.1) is 11.9 Å². The molecule has 0 saturated heterocycles. The van der Waals surface area contributed by atoms with Crippen LogP contribution in [0.15, 0.2) is 30.5 Å². The van der Waals surface area contributed by atoms with Crippen molar-refractivity contribution < 1.29 is 0 Å². The zero-order chi connectivity index (χ0) is 11.4. The van der Waals surface area contributed by atoms with E-state index in [0.29, 0.717) is 18.8 Å². The maximum absolute atomic E-state index is 5.47. The molecule has 0 aliphatic heterocycles. The van der Waals surface area contributed by atoms with Gasteiger partial charge in [-0.1, -0.05) is 24.3 Å². The summed E-state index contributed by atoms with van der Waals surface area (Å²) in [5, 5.41) is 7.90. The van der Waals surface area contributed by atoms with Crippen LogP contribution in [0.2, 0.25) is 0 Å². The monoisotopic (exact) mass is 214 g/mol. The van der Waals surface area contributed by atoms with Crippen LogP contribution in [0.25, 0.3) is 11.3 Å². The zero-order valence-electron chi connectivity index (χ0n) is 9.22. The Morgan fingerprint density at radius 3 is 2.81 bits per heavy atom. The second-order valence-electron chi connectivity index (χ2n) is 3.61. The van der Waals surface area contributed by atoms with E-state index < -0.39 is 0 Å². The summed E-state index contributed by atoms with van der Waals surface area (Å²) in [6.45, 7) is 2.60. The fourth-order valence-corrected chi connectivity index (χ4v) is 1.57. The van der Waals surface area contributed by atoms with Gasteiger partial charge in [-0.15, -0.1) is 5.10 Å². The van der Waals surface area contributed by atoms with E-state index in [2.05, 4.69) is 28.2 Å². The zero-order valence-corrected chi connectivity index (χ0v) is 9.22. The number of aromatic nitrogens is 3. The molecular weight excluding hydrogens is 200 g/mol. The molecule has 2 N–H and O–H groups in total. The summed E-state index contributed by atoms with van der Waals surface area (Å²) in [5.41, 5.74) is 8.60. The molecule has 2 aromatic rings. The molecule has 0 spiro atoms. The Hall–Kier alpha value is -1.81. The van der Waals surface area contributed by atoms with Crippen LogP contribution in [-0.2, 0) is 6.42 Å². The SMILES string of the molecule is Cc1ccccc1-c1cnnc(CCN)n1. The number of rotatable bonds is 3. The van der Waals surface area contributed by atoms with Crippen molar-refractivity contribution in [1.29, 1.82) is 0 Å². The molecule has 0 amide bonds. The average molecular weight is 214 g/mol. The van der Waals surface area contributed by atoms with Gasteiger partial charge in [0.15, 0.2) is 5.82 Å². The van der Waals surface area contributed by atoms with Crippen molar-refractivity contribution in [3.8, 4) is 11.3 Å². The minimum absolute atomic E-state index is 0.541. The van der Waals surface area contributed by atoms with Gasteiger partial charge in [-0.05, 0) is 19.0 Å². The van der Waals surface area contributed by atoms with Crippen LogP contribution >= 0.6 is 0 Å². The largest absolute Gasteiger partial charge is 0.330 e. The van der Waals surface area contributed by atoms with Crippen LogP contribution in [0.3, 0.4) is 0 Å². The van der Waals surface area contributed by atoms with Gasteiger partial charge in [0.25, 0.3) is 0 Å². The van der Waals surface area contributed by atoms with Gasteiger partial charge >= 0.3 is 0 Å². The molecule has 0 radical (unpaired) electrons. The molecule has 1 heterocycles. The fraction of sp³-hybridized carbons (Fsp3) is 0.250. The second-order valence-corrected chi connectivity index (χ2v) is 3.61. The van der Waals surface area contributed by atoms with Gasteiger partial charge in [0, 0.05) is 12.0 Å². The Labute approximate surface area is 94.6 Å². The number of aryl methyl sites for hydroxylation is 1. The van der Waals surface area contributed by atoms with Crippen molar-refractivity contribution in [2.24, 2.45) is 5.73 Å². The summed E-state index contributed by atoms with van der Waals surface area (Å²) in [7, 11) is 0. The molecule has 2 rings (SSSR count). The Bertz CT molecular complexity index is 482. The van der Waals surface area contributed by atoms with Crippen LogP contribution in [0.1, 0.15) is 11.4 Å². The Kier molecular flexibility index (Phi) is 3.22. The van der Waals surface area contributed by atoms with Gasteiger partial charge in [-0.2, -0.15) is 5.10 Å². The first-order valence-corrected chi connectivity index (χ1v) is 5.26. The summed E-state index contributed by atoms with van der Waals surface area (Å²) >= 11 is 0. The molecule has 0 fully saturated rings. The van der Waals surface area contributed by atoms with Crippen molar-refractivity contribution in [3.63, 3.8) is 0 Å². The molecule has 1 aromatic heterocycles. The van der Waals surface area contributed by atoms with E-state index in [1.807, 2.05) is 18.2 Å². The van der Waals surface area contributed by atoms with Crippen LogP contribution in [0.5, 0.6) is 0 Å². The lowest BCUT2D eigenvalue weighted by molar-refractivity contribution is 0.812. The van der Waals surface area contributed by atoms with E-state index in [9.17, 15) is 0 Å². The van der Waals surface area contributed by atoms with Crippen molar-refractivity contribution >= 4 is 0 Å². The van der Waals surface area contributed by atoms with E-state index >= 15 is 0 Å². The summed E-state index contributed by atoms with van der Waals surface area (Å²) < 4.78 is 0. The predicted molar refractivity (Wildman–Crippen MR) is 62.8 cm³/mol. The fourth-order valence-electron chi connectivity index (χ4n) is 1.57. The van der Waals surface area contributed by atoms with Crippen LogP contribution in [0.4, 0.5) is 0 Å². The van der Waals surface area contributed by atoms with E-state index in [-0.39, 0.29) is 0 Å². The van der Waals surface area contributed by atoms with Crippen LogP contribution in [0, 0.1) is 6.92 Å². The molecule has 0 unspecified atom stereocenters. The predicted octanol–water partition coefficient (Wildman–Crippen LogP) is 1.35. The van der Waals surface area contributed by atoms with Crippen molar-refractivity contribution in [2.75, 3.05) is 6.54 Å². The van der Waals surface area contributed by atoms with Crippen molar-refractivity contribution in [2.45, 2.75) is 13.3 Å². The molecule has 0 saturated carbocycles. The van der Waals surface area contributed by atoms with Crippen molar-refractivity contribution in [1.82, 2.24) is 15.2 Å². The van der Waals surface area contributed by atoms with Gasteiger partial charge in [0.2, 0.25) is 0 Å². The lowest BCUT2D eigenvalue weighted by atomic mass is 10.1.